The molecule has 1 fully saturated rings. The van der Waals surface area contributed by atoms with Crippen LogP contribution >= 0.6 is 0 Å². The van der Waals surface area contributed by atoms with Crippen LogP contribution in [-0.4, -0.2) is 12.6 Å². The highest BCUT2D eigenvalue weighted by molar-refractivity contribution is 5.73. The number of esters is 1. The molecule has 1 heterocycles. The maximum Gasteiger partial charge on any atom is 0.309 e. The largest absolute Gasteiger partial charge is 0.465 e. The Bertz CT molecular complexity index is 226. The maximum absolute atomic E-state index is 11.0. The molecule has 0 aromatic rings. The Hall–Kier alpha value is -0.530. The number of rotatable bonds is 1. The van der Waals surface area contributed by atoms with Crippen LogP contribution in [0, 0.1) is 5.89 Å². The van der Waals surface area contributed by atoms with Crippen molar-refractivity contribution < 1.29 is 16.4 Å². The van der Waals surface area contributed by atoms with Crippen molar-refractivity contribution in [3.05, 3.63) is 0 Å². The van der Waals surface area contributed by atoms with E-state index in [0.29, 0.717) is 0 Å². The van der Waals surface area contributed by atoms with Crippen LogP contribution < -0.4 is 0 Å². The summed E-state index contributed by atoms with van der Waals surface area (Å²) in [6, 6.07) is 0. The Labute approximate surface area is 55.9 Å². The summed E-state index contributed by atoms with van der Waals surface area (Å²) in [6.45, 7) is -2.55. The summed E-state index contributed by atoms with van der Waals surface area (Å²) in [4.78, 5) is 11.0. The van der Waals surface area contributed by atoms with Gasteiger partial charge in [0, 0.05) is 6.85 Å². The Morgan fingerprint density at radius 2 is 3.25 bits per heavy atom. The van der Waals surface area contributed by atoms with Gasteiger partial charge in [-0.2, -0.15) is 0 Å². The second kappa shape index (κ2) is 2.16. The molecule has 1 aliphatic rings. The summed E-state index contributed by atoms with van der Waals surface area (Å²) >= 11 is 0. The first kappa shape index (κ1) is 2.01. The van der Waals surface area contributed by atoms with Crippen LogP contribution in [0.1, 0.15) is 26.5 Å². The normalized spacial score (nSPS) is 57.2. The van der Waals surface area contributed by atoms with Crippen LogP contribution in [0.4, 0.5) is 0 Å². The molecule has 0 spiro atoms. The topological polar surface area (TPSA) is 26.3 Å². The van der Waals surface area contributed by atoms with E-state index in [-0.39, 0.29) is 6.61 Å². The first-order chi connectivity index (χ1) is 5.76. The van der Waals surface area contributed by atoms with E-state index in [1.165, 1.54) is 0 Å². The van der Waals surface area contributed by atoms with Gasteiger partial charge < -0.3 is 4.74 Å². The van der Waals surface area contributed by atoms with Crippen molar-refractivity contribution in [3.8, 4) is 0 Å². The lowest BCUT2D eigenvalue weighted by atomic mass is 10.1. The maximum atomic E-state index is 11.0. The average Bonchev–Trinajstić information content (AvgIpc) is 2.14. The monoisotopic (exact) mass is 119 g/mol. The van der Waals surface area contributed by atoms with Crippen molar-refractivity contribution in [2.75, 3.05) is 6.61 Å². The molecule has 2 nitrogen and oxygen atoms in total. The lowest BCUT2D eigenvalue weighted by Crippen LogP contribution is -2.04. The second-order valence-electron chi connectivity index (χ2n) is 1.50. The molecule has 0 aliphatic carbocycles. The molecule has 0 saturated carbocycles. The van der Waals surface area contributed by atoms with Crippen molar-refractivity contribution in [2.24, 2.45) is 5.89 Å². The molecule has 0 N–H and O–H groups in total. The van der Waals surface area contributed by atoms with Gasteiger partial charge in [-0.15, -0.1) is 0 Å². The first-order valence-corrected chi connectivity index (χ1v) is 2.35. The third-order valence-electron chi connectivity index (χ3n) is 0.997. The minimum absolute atomic E-state index is 0.182. The van der Waals surface area contributed by atoms with E-state index in [0.717, 1.165) is 0 Å². The van der Waals surface area contributed by atoms with Gasteiger partial charge >= 0.3 is 5.97 Å². The van der Waals surface area contributed by atoms with Crippen molar-refractivity contribution in [1.82, 2.24) is 0 Å². The van der Waals surface area contributed by atoms with E-state index in [9.17, 15) is 4.79 Å². The minimum atomic E-state index is -2.37. The lowest BCUT2D eigenvalue weighted by Gasteiger charge is -1.95. The van der Waals surface area contributed by atoms with E-state index >= 15 is 0 Å². The van der Waals surface area contributed by atoms with Crippen molar-refractivity contribution in [3.63, 3.8) is 0 Å². The van der Waals surface area contributed by atoms with Gasteiger partial charge in [0.1, 0.15) is 0 Å². The van der Waals surface area contributed by atoms with Gasteiger partial charge in [0.2, 0.25) is 0 Å². The third kappa shape index (κ3) is 0.831. The molecule has 1 saturated heterocycles. The summed E-state index contributed by atoms with van der Waals surface area (Å²) in [7, 11) is 0. The standard InChI is InChI=1S/C6H10O2/c1-2-5-3-4-8-6(5)7/h5H,2-4H2,1H3/t5-/m0/s1/i1D3,3D,5D/t3-,5+/m1. The summed E-state index contributed by atoms with van der Waals surface area (Å²) < 4.78 is 40.1. The molecule has 1 aliphatic heterocycles. The predicted octanol–water partition coefficient (Wildman–Crippen LogP) is 0.960. The third-order valence-corrected chi connectivity index (χ3v) is 0.997. The number of hydrogen-bond donors (Lipinski definition) is 0. The second-order valence-corrected chi connectivity index (χ2v) is 1.50. The summed E-state index contributed by atoms with van der Waals surface area (Å²) in [5.41, 5.74) is 0. The Morgan fingerprint density at radius 1 is 2.38 bits per heavy atom. The number of carbonyl (C=O) groups excluding carboxylic acids is 1. The number of ether oxygens (including phenoxy) is 1. The molecular weight excluding hydrogens is 104 g/mol. The van der Waals surface area contributed by atoms with E-state index in [1.54, 1.807) is 0 Å². The highest BCUT2D eigenvalue weighted by Gasteiger charge is 2.23. The van der Waals surface area contributed by atoms with E-state index in [1.807, 2.05) is 0 Å². The fraction of sp³-hybridized carbons (Fsp3) is 0.833. The van der Waals surface area contributed by atoms with Gasteiger partial charge in [0.25, 0.3) is 0 Å². The summed E-state index contributed by atoms with van der Waals surface area (Å²) in [5.74, 6) is -2.81. The molecule has 0 amide bonds. The quantitative estimate of drug-likeness (QED) is 0.480. The van der Waals surface area contributed by atoms with Crippen LogP contribution in [0.25, 0.3) is 0 Å². The van der Waals surface area contributed by atoms with Gasteiger partial charge in [0.05, 0.1) is 12.5 Å². The fourth-order valence-corrected chi connectivity index (χ4v) is 0.538. The van der Waals surface area contributed by atoms with Crippen LogP contribution in [0.3, 0.4) is 0 Å². The van der Waals surface area contributed by atoms with E-state index < -0.39 is 31.5 Å². The number of cyclic esters (lactones) is 1. The van der Waals surface area contributed by atoms with Crippen molar-refractivity contribution >= 4 is 5.97 Å². The molecule has 0 aromatic heterocycles. The van der Waals surface area contributed by atoms with Crippen LogP contribution in [0.5, 0.6) is 0 Å². The number of hydrogen-bond acceptors (Lipinski definition) is 2. The highest BCUT2D eigenvalue weighted by atomic mass is 16.5. The summed E-state index contributed by atoms with van der Waals surface area (Å²) in [6.07, 6.45) is -1.71. The predicted molar refractivity (Wildman–Crippen MR) is 29.4 cm³/mol. The smallest absolute Gasteiger partial charge is 0.309 e. The first-order valence-electron chi connectivity index (χ1n) is 4.93. The zero-order valence-electron chi connectivity index (χ0n) is 9.31. The van der Waals surface area contributed by atoms with Crippen LogP contribution in [0.15, 0.2) is 0 Å². The van der Waals surface area contributed by atoms with Gasteiger partial charge in [0.15, 0.2) is 0 Å². The van der Waals surface area contributed by atoms with Crippen LogP contribution in [-0.2, 0) is 9.53 Å². The molecule has 2 heteroatoms. The SMILES string of the molecule is [2H][C@@H]1COC(=O)[C@@]1([2H])CC([2H])([2H])[2H]. The Morgan fingerprint density at radius 3 is 3.75 bits per heavy atom. The molecule has 46 valence electrons. The fourth-order valence-electron chi connectivity index (χ4n) is 0.538. The lowest BCUT2D eigenvalue weighted by molar-refractivity contribution is -0.141. The van der Waals surface area contributed by atoms with Gasteiger partial charge in [-0.1, -0.05) is 6.85 Å². The highest BCUT2D eigenvalue weighted by Crippen LogP contribution is 2.16. The van der Waals surface area contributed by atoms with Crippen molar-refractivity contribution in [1.29, 1.82) is 0 Å². The van der Waals surface area contributed by atoms with Gasteiger partial charge in [-0.25, -0.2) is 0 Å². The van der Waals surface area contributed by atoms with Gasteiger partial charge in [-0.05, 0) is 12.8 Å². The molecule has 8 heavy (non-hydrogen) atoms. The number of carbonyl (C=O) groups is 1. The van der Waals surface area contributed by atoms with E-state index in [2.05, 4.69) is 4.74 Å². The Kier molecular flexibility index (Phi) is 0.543. The molecule has 0 aromatic carbocycles. The molecule has 1 rings (SSSR count). The van der Waals surface area contributed by atoms with Gasteiger partial charge in [-0.3, -0.25) is 4.79 Å². The average molecular weight is 119 g/mol. The molecule has 0 bridgehead atoms. The molecule has 0 unspecified atom stereocenters. The molecular formula is C6H10O2. The zero-order chi connectivity index (χ0) is 10.3. The van der Waals surface area contributed by atoms with Crippen molar-refractivity contribution in [2.45, 2.75) is 19.7 Å². The minimum Gasteiger partial charge on any atom is -0.465 e. The van der Waals surface area contributed by atoms with Crippen LogP contribution in [0.2, 0.25) is 0 Å². The summed E-state index contributed by atoms with van der Waals surface area (Å²) in [5, 5.41) is 0. The molecule has 2 atom stereocenters. The zero-order valence-corrected chi connectivity index (χ0v) is 4.31. The van der Waals surface area contributed by atoms with E-state index in [4.69, 9.17) is 6.85 Å². The molecule has 0 radical (unpaired) electrons. The Balaban J connectivity index is 2.80.